The van der Waals surface area contributed by atoms with E-state index in [0.717, 1.165) is 10.4 Å². The van der Waals surface area contributed by atoms with E-state index in [9.17, 15) is 23.9 Å². The van der Waals surface area contributed by atoms with Gasteiger partial charge in [-0.25, -0.2) is 4.79 Å². The van der Waals surface area contributed by atoms with E-state index in [0.29, 0.717) is 0 Å². The molecule has 1 unspecified atom stereocenters. The summed E-state index contributed by atoms with van der Waals surface area (Å²) in [6, 6.07) is 1.17. The van der Waals surface area contributed by atoms with Crippen LogP contribution in [-0.2, 0) is 18.8 Å². The molecule has 2 rings (SSSR count). The highest BCUT2D eigenvalue weighted by atomic mass is 31.2. The van der Waals surface area contributed by atoms with E-state index in [1.165, 1.54) is 26.3 Å². The SMILES string of the molecule is COC1[C@@H](OC(C)C)[C@@H](/C(C)=C/P(=O)(O)O)O[C@H]1n1ccc(=O)[nH]c1=O. The van der Waals surface area contributed by atoms with Gasteiger partial charge in [-0.2, -0.15) is 0 Å². The van der Waals surface area contributed by atoms with Gasteiger partial charge in [0.2, 0.25) is 0 Å². The van der Waals surface area contributed by atoms with Crippen LogP contribution in [0, 0.1) is 0 Å². The molecule has 0 saturated carbocycles. The summed E-state index contributed by atoms with van der Waals surface area (Å²) in [4.78, 5) is 44.0. The summed E-state index contributed by atoms with van der Waals surface area (Å²) in [6.45, 7) is 5.10. The van der Waals surface area contributed by atoms with Gasteiger partial charge in [0, 0.05) is 25.2 Å². The molecule has 26 heavy (non-hydrogen) atoms. The molecule has 0 spiro atoms. The van der Waals surface area contributed by atoms with Gasteiger partial charge in [0.1, 0.15) is 18.3 Å². The quantitative estimate of drug-likeness (QED) is 0.590. The molecular formula is C15H23N2O8P. The standard InChI is InChI=1S/C15H23N2O8P/c1-8(2)24-12-11(9(3)7-26(20,21)22)25-14(13(12)23-4)17-6-5-10(18)16-15(17)19/h5-8,11-14H,1-4H3,(H,16,18,19)(H2,20,21,22)/b9-7+/t11-,12+,13?,14-/m1/s1. The molecule has 1 aromatic rings. The molecule has 0 bridgehead atoms. The van der Waals surface area contributed by atoms with Crippen molar-refractivity contribution in [1.82, 2.24) is 9.55 Å². The van der Waals surface area contributed by atoms with Crippen molar-refractivity contribution >= 4 is 7.60 Å². The zero-order chi connectivity index (χ0) is 19.6. The van der Waals surface area contributed by atoms with Crippen molar-refractivity contribution in [3.05, 3.63) is 44.5 Å². The molecule has 1 aromatic heterocycles. The fourth-order valence-electron chi connectivity index (χ4n) is 2.91. The van der Waals surface area contributed by atoms with Gasteiger partial charge in [0.25, 0.3) is 5.56 Å². The maximum Gasteiger partial charge on any atom is 0.349 e. The van der Waals surface area contributed by atoms with Crippen LogP contribution in [0.3, 0.4) is 0 Å². The Morgan fingerprint density at radius 1 is 1.38 bits per heavy atom. The Balaban J connectivity index is 2.48. The van der Waals surface area contributed by atoms with Crippen molar-refractivity contribution in [2.24, 2.45) is 0 Å². The van der Waals surface area contributed by atoms with Crippen LogP contribution in [0.25, 0.3) is 0 Å². The van der Waals surface area contributed by atoms with Crippen LogP contribution >= 0.6 is 7.60 Å². The molecule has 146 valence electrons. The van der Waals surface area contributed by atoms with Gasteiger partial charge in [0.15, 0.2) is 6.23 Å². The Morgan fingerprint density at radius 3 is 2.54 bits per heavy atom. The lowest BCUT2D eigenvalue weighted by atomic mass is 10.0. The first-order chi connectivity index (χ1) is 12.0. The van der Waals surface area contributed by atoms with Crippen molar-refractivity contribution in [2.75, 3.05) is 7.11 Å². The second kappa shape index (κ2) is 7.99. The molecule has 4 atom stereocenters. The zero-order valence-electron chi connectivity index (χ0n) is 14.9. The highest BCUT2D eigenvalue weighted by Crippen LogP contribution is 2.42. The highest BCUT2D eigenvalue weighted by molar-refractivity contribution is 7.55. The normalized spacial score (nSPS) is 27.3. The number of aromatic nitrogens is 2. The fraction of sp³-hybridized carbons (Fsp3) is 0.600. The lowest BCUT2D eigenvalue weighted by Crippen LogP contribution is -2.40. The third-order valence-electron chi connectivity index (χ3n) is 3.84. The molecule has 11 heteroatoms. The number of hydrogen-bond acceptors (Lipinski definition) is 6. The number of aromatic amines is 1. The van der Waals surface area contributed by atoms with E-state index in [1.54, 1.807) is 13.8 Å². The Kier molecular flexibility index (Phi) is 6.38. The number of rotatable bonds is 6. The number of H-pyrrole nitrogens is 1. The van der Waals surface area contributed by atoms with Crippen molar-refractivity contribution < 1.29 is 28.6 Å². The minimum absolute atomic E-state index is 0.224. The Labute approximate surface area is 149 Å². The molecule has 1 aliphatic rings. The molecule has 0 aliphatic carbocycles. The smallest absolute Gasteiger partial charge is 0.349 e. The maximum absolute atomic E-state index is 12.1. The fourth-order valence-corrected chi connectivity index (χ4v) is 3.59. The average molecular weight is 390 g/mol. The second-order valence-electron chi connectivity index (χ2n) is 6.28. The Hall–Kier alpha value is -1.55. The first-order valence-electron chi connectivity index (χ1n) is 7.93. The van der Waals surface area contributed by atoms with Crippen molar-refractivity contribution in [3.8, 4) is 0 Å². The van der Waals surface area contributed by atoms with Gasteiger partial charge in [-0.15, -0.1) is 0 Å². The topological polar surface area (TPSA) is 140 Å². The van der Waals surface area contributed by atoms with Crippen LogP contribution in [0.1, 0.15) is 27.0 Å². The molecule has 0 amide bonds. The van der Waals surface area contributed by atoms with E-state index in [-0.39, 0.29) is 11.7 Å². The first-order valence-corrected chi connectivity index (χ1v) is 9.61. The van der Waals surface area contributed by atoms with Gasteiger partial charge in [-0.05, 0) is 26.3 Å². The summed E-state index contributed by atoms with van der Waals surface area (Å²) in [5.41, 5.74) is -0.988. The van der Waals surface area contributed by atoms with Crippen LogP contribution in [-0.4, -0.2) is 50.9 Å². The minimum Gasteiger partial charge on any atom is -0.374 e. The number of methoxy groups -OCH3 is 1. The summed E-state index contributed by atoms with van der Waals surface area (Å²) < 4.78 is 29.7. The zero-order valence-corrected chi connectivity index (χ0v) is 15.8. The maximum atomic E-state index is 12.1. The predicted molar refractivity (Wildman–Crippen MR) is 91.8 cm³/mol. The van der Waals surface area contributed by atoms with Crippen LogP contribution in [0.4, 0.5) is 0 Å². The largest absolute Gasteiger partial charge is 0.374 e. The number of nitrogens with one attached hydrogen (secondary N) is 1. The van der Waals surface area contributed by atoms with E-state index >= 15 is 0 Å². The molecule has 1 fully saturated rings. The third kappa shape index (κ3) is 4.79. The molecular weight excluding hydrogens is 367 g/mol. The lowest BCUT2D eigenvalue weighted by Gasteiger charge is -2.25. The van der Waals surface area contributed by atoms with Gasteiger partial charge in [-0.1, -0.05) is 0 Å². The van der Waals surface area contributed by atoms with Crippen molar-refractivity contribution in [3.63, 3.8) is 0 Å². The summed E-state index contributed by atoms with van der Waals surface area (Å²) in [6.07, 6.45) is -2.21. The summed E-state index contributed by atoms with van der Waals surface area (Å²) in [7, 11) is -3.01. The lowest BCUT2D eigenvalue weighted by molar-refractivity contribution is -0.0771. The van der Waals surface area contributed by atoms with E-state index in [4.69, 9.17) is 14.2 Å². The van der Waals surface area contributed by atoms with E-state index in [1.807, 2.05) is 0 Å². The minimum atomic E-state index is -4.43. The molecule has 10 nitrogen and oxygen atoms in total. The summed E-state index contributed by atoms with van der Waals surface area (Å²) >= 11 is 0. The van der Waals surface area contributed by atoms with E-state index < -0.39 is 43.4 Å². The van der Waals surface area contributed by atoms with Gasteiger partial charge in [-0.3, -0.25) is 18.9 Å². The van der Waals surface area contributed by atoms with Gasteiger partial charge in [0.05, 0.1) is 6.10 Å². The molecule has 1 aliphatic heterocycles. The van der Waals surface area contributed by atoms with Crippen LogP contribution < -0.4 is 11.2 Å². The van der Waals surface area contributed by atoms with Crippen LogP contribution in [0.2, 0.25) is 0 Å². The monoisotopic (exact) mass is 390 g/mol. The third-order valence-corrected chi connectivity index (χ3v) is 4.58. The average Bonchev–Trinajstić information content (AvgIpc) is 2.83. The molecule has 0 radical (unpaired) electrons. The predicted octanol–water partition coefficient (Wildman–Crippen LogP) is 0.324. The molecule has 2 heterocycles. The Morgan fingerprint density at radius 2 is 2.04 bits per heavy atom. The summed E-state index contributed by atoms with van der Waals surface area (Å²) in [5.74, 6) is 0.805. The highest BCUT2D eigenvalue weighted by Gasteiger charge is 2.48. The first kappa shape index (κ1) is 20.8. The second-order valence-corrected chi connectivity index (χ2v) is 7.71. The molecule has 0 aromatic carbocycles. The van der Waals surface area contributed by atoms with Gasteiger partial charge < -0.3 is 24.0 Å². The summed E-state index contributed by atoms with van der Waals surface area (Å²) in [5, 5.41) is 0. The Bertz CT molecular complexity index is 823. The number of nitrogens with zero attached hydrogens (tertiary/aromatic N) is 1. The van der Waals surface area contributed by atoms with Crippen LogP contribution in [0.15, 0.2) is 33.2 Å². The molecule has 3 N–H and O–H groups in total. The molecule has 1 saturated heterocycles. The van der Waals surface area contributed by atoms with E-state index in [2.05, 4.69) is 4.98 Å². The van der Waals surface area contributed by atoms with Crippen molar-refractivity contribution in [1.29, 1.82) is 0 Å². The van der Waals surface area contributed by atoms with Crippen molar-refractivity contribution in [2.45, 2.75) is 51.4 Å². The van der Waals surface area contributed by atoms with Gasteiger partial charge >= 0.3 is 13.3 Å². The number of ether oxygens (including phenoxy) is 3. The van der Waals surface area contributed by atoms with Crippen LogP contribution in [0.5, 0.6) is 0 Å². The number of hydrogen-bond donors (Lipinski definition) is 3.